The van der Waals surface area contributed by atoms with Crippen LogP contribution in [0.15, 0.2) is 0 Å². The van der Waals surface area contributed by atoms with Crippen LogP contribution in [-0.4, -0.2) is 98.7 Å². The van der Waals surface area contributed by atoms with Crippen molar-refractivity contribution >= 4 is 5.91 Å². The highest BCUT2D eigenvalue weighted by molar-refractivity contribution is 5.76. The first-order valence-corrected chi connectivity index (χ1v) is 21.8. The summed E-state index contributed by atoms with van der Waals surface area (Å²) in [6.45, 7) is 3.43. The topological polar surface area (TPSA) is 169 Å². The second kappa shape index (κ2) is 33.5. The molecule has 52 heavy (non-hydrogen) atoms. The molecule has 0 aromatic rings. The Kier molecular flexibility index (Phi) is 31.7. The van der Waals surface area contributed by atoms with E-state index in [0.29, 0.717) is 6.42 Å². The molecule has 1 rings (SSSR count). The lowest BCUT2D eigenvalue weighted by atomic mass is 9.99. The molecule has 1 aliphatic rings. The zero-order valence-electron chi connectivity index (χ0n) is 33.4. The molecule has 7 N–H and O–H groups in total. The van der Waals surface area contributed by atoms with Gasteiger partial charge in [-0.15, -0.1) is 0 Å². The van der Waals surface area contributed by atoms with Gasteiger partial charge in [-0.1, -0.05) is 181 Å². The second-order valence-corrected chi connectivity index (χ2v) is 15.6. The molecule has 1 fully saturated rings. The zero-order chi connectivity index (χ0) is 38.2. The van der Waals surface area contributed by atoms with E-state index >= 15 is 0 Å². The molecule has 1 amide bonds. The minimum absolute atomic E-state index is 0.263. The molecular weight excluding hydrogens is 662 g/mol. The fraction of sp³-hybridized carbons (Fsp3) is 0.976. The molecule has 0 spiro atoms. The Morgan fingerprint density at radius 2 is 1.00 bits per heavy atom. The molecule has 0 aromatic carbocycles. The van der Waals surface area contributed by atoms with E-state index in [0.717, 1.165) is 38.5 Å². The van der Waals surface area contributed by atoms with E-state index in [1.807, 2.05) is 6.92 Å². The largest absolute Gasteiger partial charge is 0.394 e. The minimum Gasteiger partial charge on any atom is -0.394 e. The van der Waals surface area contributed by atoms with Crippen molar-refractivity contribution in [1.82, 2.24) is 5.32 Å². The molecule has 1 aliphatic heterocycles. The molecule has 10 heteroatoms. The Bertz CT molecular complexity index is 803. The van der Waals surface area contributed by atoms with Crippen molar-refractivity contribution in [2.24, 2.45) is 0 Å². The molecule has 0 bridgehead atoms. The highest BCUT2D eigenvalue weighted by Gasteiger charge is 2.44. The van der Waals surface area contributed by atoms with Crippen LogP contribution in [-0.2, 0) is 14.3 Å². The third kappa shape index (κ3) is 23.8. The van der Waals surface area contributed by atoms with E-state index in [4.69, 9.17) is 9.47 Å². The molecule has 0 unspecified atom stereocenters. The molecular formula is C42H83NO9. The lowest BCUT2D eigenvalue weighted by Crippen LogP contribution is -2.60. The van der Waals surface area contributed by atoms with Crippen LogP contribution >= 0.6 is 0 Å². The Labute approximate surface area is 317 Å². The van der Waals surface area contributed by atoms with Crippen molar-refractivity contribution in [3.63, 3.8) is 0 Å². The maximum Gasteiger partial charge on any atom is 0.220 e. The third-order valence-corrected chi connectivity index (χ3v) is 10.8. The number of rotatable bonds is 36. The van der Waals surface area contributed by atoms with Gasteiger partial charge in [0.1, 0.15) is 30.5 Å². The number of nitrogens with one attached hydrogen (secondary N) is 1. The van der Waals surface area contributed by atoms with Gasteiger partial charge in [-0.05, 0) is 12.8 Å². The maximum absolute atomic E-state index is 12.8. The number of carbonyl (C=O) groups is 1. The van der Waals surface area contributed by atoms with Crippen LogP contribution in [0.5, 0.6) is 0 Å². The Hall–Kier alpha value is -0.850. The van der Waals surface area contributed by atoms with Crippen molar-refractivity contribution in [2.45, 2.75) is 249 Å². The highest BCUT2D eigenvalue weighted by atomic mass is 16.7. The molecule has 0 saturated carbocycles. The lowest BCUT2D eigenvalue weighted by Gasteiger charge is -2.40. The molecule has 1 heterocycles. The molecule has 10 nitrogen and oxygen atoms in total. The molecule has 8 atom stereocenters. The van der Waals surface area contributed by atoms with E-state index < -0.39 is 55.6 Å². The Morgan fingerprint density at radius 3 is 1.42 bits per heavy atom. The molecule has 0 radical (unpaired) electrons. The first kappa shape index (κ1) is 49.2. The summed E-state index contributed by atoms with van der Waals surface area (Å²) in [5.74, 6) is -0.263. The van der Waals surface area contributed by atoms with Crippen LogP contribution < -0.4 is 5.32 Å². The smallest absolute Gasteiger partial charge is 0.220 e. The first-order valence-electron chi connectivity index (χ1n) is 21.8. The van der Waals surface area contributed by atoms with Crippen molar-refractivity contribution in [3.8, 4) is 0 Å². The fourth-order valence-electron chi connectivity index (χ4n) is 7.20. The maximum atomic E-state index is 12.8. The number of aliphatic hydroxyl groups excluding tert-OH is 6. The number of hydrogen-bond acceptors (Lipinski definition) is 9. The first-order chi connectivity index (χ1) is 25.3. The highest BCUT2D eigenvalue weighted by Crippen LogP contribution is 2.23. The summed E-state index contributed by atoms with van der Waals surface area (Å²) in [7, 11) is 0. The number of aliphatic hydroxyl groups is 6. The molecule has 0 aromatic heterocycles. The fourth-order valence-corrected chi connectivity index (χ4v) is 7.20. The van der Waals surface area contributed by atoms with Gasteiger partial charge < -0.3 is 45.4 Å². The number of unbranched alkanes of at least 4 members (excludes halogenated alkanes) is 25. The van der Waals surface area contributed by atoms with E-state index in [1.54, 1.807) is 0 Å². The number of ether oxygens (including phenoxy) is 2. The van der Waals surface area contributed by atoms with Crippen LogP contribution in [0, 0.1) is 0 Å². The molecule has 310 valence electrons. The molecule has 0 aliphatic carbocycles. The summed E-state index contributed by atoms with van der Waals surface area (Å²) in [6, 6.07) is -0.981. The van der Waals surface area contributed by atoms with Gasteiger partial charge in [0.15, 0.2) is 6.29 Å². The third-order valence-electron chi connectivity index (χ3n) is 10.8. The average molecular weight is 746 g/mol. The van der Waals surface area contributed by atoms with Crippen LogP contribution in [0.1, 0.15) is 200 Å². The predicted octanol–water partition coefficient (Wildman–Crippen LogP) is 7.36. The van der Waals surface area contributed by atoms with E-state index in [1.165, 1.54) is 135 Å². The van der Waals surface area contributed by atoms with Crippen molar-refractivity contribution < 1.29 is 44.9 Å². The van der Waals surface area contributed by atoms with Gasteiger partial charge in [0.05, 0.1) is 25.4 Å². The van der Waals surface area contributed by atoms with Gasteiger partial charge in [-0.3, -0.25) is 4.79 Å². The number of hydrogen-bond donors (Lipinski definition) is 7. The van der Waals surface area contributed by atoms with Gasteiger partial charge in [0.2, 0.25) is 5.91 Å². The quantitative estimate of drug-likeness (QED) is 0.0324. The van der Waals surface area contributed by atoms with Crippen molar-refractivity contribution in [2.75, 3.05) is 13.2 Å². The van der Waals surface area contributed by atoms with E-state index in [-0.39, 0.29) is 18.9 Å². The van der Waals surface area contributed by atoms with Crippen molar-refractivity contribution in [3.05, 3.63) is 0 Å². The van der Waals surface area contributed by atoms with Gasteiger partial charge in [0.25, 0.3) is 0 Å². The average Bonchev–Trinajstić information content (AvgIpc) is 3.14. The van der Waals surface area contributed by atoms with E-state index in [2.05, 4.69) is 12.2 Å². The second-order valence-electron chi connectivity index (χ2n) is 15.6. The van der Waals surface area contributed by atoms with Gasteiger partial charge >= 0.3 is 0 Å². The summed E-state index contributed by atoms with van der Waals surface area (Å²) in [6.07, 6.45) is 25.2. The summed E-state index contributed by atoms with van der Waals surface area (Å²) in [5, 5.41) is 64.1. The van der Waals surface area contributed by atoms with Crippen LogP contribution in [0.3, 0.4) is 0 Å². The van der Waals surface area contributed by atoms with Crippen molar-refractivity contribution in [1.29, 1.82) is 0 Å². The van der Waals surface area contributed by atoms with Crippen LogP contribution in [0.2, 0.25) is 0 Å². The summed E-state index contributed by atoms with van der Waals surface area (Å²) in [4.78, 5) is 12.8. The number of carbonyl (C=O) groups excluding carboxylic acids is 1. The lowest BCUT2D eigenvalue weighted by molar-refractivity contribution is -0.303. The summed E-state index contributed by atoms with van der Waals surface area (Å²) >= 11 is 0. The minimum atomic E-state index is -1.60. The van der Waals surface area contributed by atoms with Gasteiger partial charge in [0, 0.05) is 6.42 Å². The van der Waals surface area contributed by atoms with Gasteiger partial charge in [-0.25, -0.2) is 0 Å². The summed E-state index contributed by atoms with van der Waals surface area (Å²) < 4.78 is 11.0. The van der Waals surface area contributed by atoms with E-state index in [9.17, 15) is 35.4 Å². The normalized spacial score (nSPS) is 22.3. The van der Waals surface area contributed by atoms with Gasteiger partial charge in [-0.2, -0.15) is 0 Å². The SMILES string of the molecule is CCCCCCCCCCCCCCCCCCCCCCCCCCC(=O)N[C@@H](CO[C@H]1O[C@H](CO)[C@H](O)[C@H](O)[C@H]1O)[C@H](O)[C@H](O)CCCCC. The van der Waals surface area contributed by atoms with Crippen LogP contribution in [0.25, 0.3) is 0 Å². The standard InChI is InChI=1S/C42H83NO9/c1-3-5-7-8-9-10-11-12-13-14-15-16-17-18-19-20-21-22-23-24-25-26-27-29-31-37(46)43-34(38(47)35(45)30-28-6-4-2)33-51-42-41(50)40(49)39(48)36(32-44)52-42/h34-36,38-42,44-45,47-50H,3-33H2,1-2H3,(H,43,46)/t34-,35+,36+,38-,39-,40-,41+,42-/m0/s1. The predicted molar refractivity (Wildman–Crippen MR) is 209 cm³/mol. The number of amides is 1. The monoisotopic (exact) mass is 746 g/mol. The summed E-state index contributed by atoms with van der Waals surface area (Å²) in [5.41, 5.74) is 0. The Morgan fingerprint density at radius 1 is 0.596 bits per heavy atom. The van der Waals surface area contributed by atoms with Crippen LogP contribution in [0.4, 0.5) is 0 Å². The zero-order valence-corrected chi connectivity index (χ0v) is 33.4. The Balaban J connectivity index is 2.13. The molecule has 1 saturated heterocycles.